The summed E-state index contributed by atoms with van der Waals surface area (Å²) in [7, 11) is 0. The molecule has 0 atom stereocenters. The third-order valence-corrected chi connectivity index (χ3v) is 2.43. The van der Waals surface area contributed by atoms with Crippen LogP contribution in [0, 0.1) is 0 Å². The van der Waals surface area contributed by atoms with Gasteiger partial charge in [-0.05, 0) is 23.7 Å². The fourth-order valence-electron chi connectivity index (χ4n) is 1.15. The summed E-state index contributed by atoms with van der Waals surface area (Å²) in [6.45, 7) is 0. The van der Waals surface area contributed by atoms with E-state index in [0.717, 1.165) is 5.52 Å². The lowest BCUT2D eigenvalue weighted by molar-refractivity contribution is 0.107. The molecule has 0 fully saturated rings. The van der Waals surface area contributed by atoms with Gasteiger partial charge in [-0.25, -0.2) is 4.98 Å². The number of aromatic amines is 1. The fourth-order valence-corrected chi connectivity index (χ4v) is 1.73. The lowest BCUT2D eigenvalue weighted by Gasteiger charge is -1.98. The molecule has 1 aromatic carbocycles. The molecule has 66 valence electrons. The van der Waals surface area contributed by atoms with Crippen LogP contribution < -0.4 is 0 Å². The Kier molecular flexibility index (Phi) is 2.01. The minimum absolute atomic E-state index is 0.379. The van der Waals surface area contributed by atoms with Crippen LogP contribution in [-0.2, 0) is 0 Å². The zero-order valence-corrected chi connectivity index (χ0v) is 8.06. The van der Waals surface area contributed by atoms with Crippen LogP contribution in [0.15, 0.2) is 23.4 Å². The minimum Gasteiger partial charge on any atom is -0.345 e. The van der Waals surface area contributed by atoms with Crippen molar-refractivity contribution in [2.45, 2.75) is 4.90 Å². The van der Waals surface area contributed by atoms with Crippen LogP contribution in [0.3, 0.4) is 0 Å². The molecule has 1 aromatic heterocycles. The monoisotopic (exact) mass is 212 g/mol. The molecule has 3 nitrogen and oxygen atoms in total. The Morgan fingerprint density at radius 3 is 3.00 bits per heavy atom. The molecule has 0 amide bonds. The van der Waals surface area contributed by atoms with E-state index in [2.05, 4.69) is 22.6 Å². The molecule has 1 heterocycles. The second-order valence-electron chi connectivity index (χ2n) is 2.53. The first-order chi connectivity index (χ1) is 6.20. The average Bonchev–Trinajstić information content (AvgIpc) is 2.52. The van der Waals surface area contributed by atoms with E-state index < -0.39 is 5.24 Å². The van der Waals surface area contributed by atoms with Crippen molar-refractivity contribution < 1.29 is 4.79 Å². The number of imidazole rings is 1. The summed E-state index contributed by atoms with van der Waals surface area (Å²) in [5.41, 5.74) is 1.88. The first-order valence-electron chi connectivity index (χ1n) is 3.55. The van der Waals surface area contributed by atoms with E-state index in [9.17, 15) is 4.79 Å². The molecule has 0 aliphatic heterocycles. The number of benzene rings is 1. The molecule has 0 saturated heterocycles. The largest absolute Gasteiger partial charge is 0.345 e. The summed E-state index contributed by atoms with van der Waals surface area (Å²) in [5.74, 6) is 0. The Labute approximate surface area is 84.5 Å². The number of hydrogen-bond donors (Lipinski definition) is 2. The summed E-state index contributed by atoms with van der Waals surface area (Å²) in [5, 5.41) is -0.519. The number of aromatic nitrogens is 2. The summed E-state index contributed by atoms with van der Waals surface area (Å²) >= 11 is 9.53. The first-order valence-corrected chi connectivity index (χ1v) is 4.37. The molecule has 0 bridgehead atoms. The summed E-state index contributed by atoms with van der Waals surface area (Å²) in [6, 6.07) is 3.37. The third-order valence-electron chi connectivity index (χ3n) is 1.78. The average molecular weight is 213 g/mol. The van der Waals surface area contributed by atoms with Gasteiger partial charge in [0, 0.05) is 10.5 Å². The van der Waals surface area contributed by atoms with Gasteiger partial charge < -0.3 is 4.98 Å². The van der Waals surface area contributed by atoms with Crippen molar-refractivity contribution >= 4 is 40.5 Å². The molecule has 0 aliphatic carbocycles. The van der Waals surface area contributed by atoms with E-state index >= 15 is 0 Å². The highest BCUT2D eigenvalue weighted by atomic mass is 35.5. The predicted molar refractivity (Wildman–Crippen MR) is 53.5 cm³/mol. The van der Waals surface area contributed by atoms with Crippen LogP contribution in [0.1, 0.15) is 10.4 Å². The summed E-state index contributed by atoms with van der Waals surface area (Å²) in [6.07, 6.45) is 1.55. The normalized spacial score (nSPS) is 10.6. The zero-order valence-electron chi connectivity index (χ0n) is 6.41. The Morgan fingerprint density at radius 1 is 1.54 bits per heavy atom. The maximum absolute atomic E-state index is 10.9. The molecular weight excluding hydrogens is 208 g/mol. The van der Waals surface area contributed by atoms with Crippen LogP contribution in [0.2, 0.25) is 0 Å². The maximum atomic E-state index is 10.9. The Bertz CT molecular complexity index is 480. The van der Waals surface area contributed by atoms with Gasteiger partial charge in [-0.15, -0.1) is 12.6 Å². The third kappa shape index (κ3) is 1.32. The molecule has 0 aliphatic rings. The Balaban J connectivity index is 2.80. The highest BCUT2D eigenvalue weighted by molar-refractivity contribution is 7.80. The molecular formula is C8H5ClN2OS. The van der Waals surface area contributed by atoms with Crippen molar-refractivity contribution in [3.63, 3.8) is 0 Å². The predicted octanol–water partition coefficient (Wildman–Crippen LogP) is 2.23. The number of thiol groups is 1. The molecule has 5 heteroatoms. The molecule has 2 rings (SSSR count). The van der Waals surface area contributed by atoms with Gasteiger partial charge in [0.1, 0.15) is 5.52 Å². The zero-order chi connectivity index (χ0) is 9.42. The van der Waals surface area contributed by atoms with Crippen LogP contribution in [0.5, 0.6) is 0 Å². The van der Waals surface area contributed by atoms with Crippen molar-refractivity contribution in [3.8, 4) is 0 Å². The Hall–Kier alpha value is -1.00. The molecule has 0 unspecified atom stereocenters. The van der Waals surface area contributed by atoms with Crippen LogP contribution in [0.4, 0.5) is 0 Å². The van der Waals surface area contributed by atoms with Gasteiger partial charge in [0.2, 0.25) is 0 Å². The van der Waals surface area contributed by atoms with E-state index in [1.54, 1.807) is 18.5 Å². The van der Waals surface area contributed by atoms with Crippen molar-refractivity contribution in [2.75, 3.05) is 0 Å². The minimum atomic E-state index is -0.519. The lowest BCUT2D eigenvalue weighted by atomic mass is 10.2. The highest BCUT2D eigenvalue weighted by Gasteiger charge is 2.10. The molecule has 0 saturated carbocycles. The Morgan fingerprint density at radius 2 is 2.31 bits per heavy atom. The van der Waals surface area contributed by atoms with Crippen LogP contribution in [-0.4, -0.2) is 15.2 Å². The van der Waals surface area contributed by atoms with Gasteiger partial charge in [-0.2, -0.15) is 0 Å². The van der Waals surface area contributed by atoms with Crippen molar-refractivity contribution in [1.29, 1.82) is 0 Å². The maximum Gasteiger partial charge on any atom is 0.253 e. The van der Waals surface area contributed by atoms with Gasteiger partial charge in [0.05, 0.1) is 11.8 Å². The number of fused-ring (bicyclic) bond motifs is 1. The van der Waals surface area contributed by atoms with Crippen molar-refractivity contribution in [2.24, 2.45) is 0 Å². The van der Waals surface area contributed by atoms with Gasteiger partial charge in [-0.3, -0.25) is 4.79 Å². The number of carbonyl (C=O) groups excluding carboxylic acids is 1. The van der Waals surface area contributed by atoms with Gasteiger partial charge in [0.15, 0.2) is 0 Å². The number of nitrogens with zero attached hydrogens (tertiary/aromatic N) is 1. The number of nitrogens with one attached hydrogen (secondary N) is 1. The SMILES string of the molecule is O=C(Cl)c1ccc2[nH]cnc2c1S. The van der Waals surface area contributed by atoms with Crippen molar-refractivity contribution in [1.82, 2.24) is 9.97 Å². The second kappa shape index (κ2) is 3.05. The van der Waals surface area contributed by atoms with Gasteiger partial charge in [0.25, 0.3) is 5.24 Å². The quantitative estimate of drug-likeness (QED) is 0.563. The second-order valence-corrected chi connectivity index (χ2v) is 3.32. The van der Waals surface area contributed by atoms with E-state index in [0.29, 0.717) is 16.0 Å². The van der Waals surface area contributed by atoms with Gasteiger partial charge in [-0.1, -0.05) is 0 Å². The first kappa shape index (κ1) is 8.59. The van der Waals surface area contributed by atoms with Crippen LogP contribution >= 0.6 is 24.2 Å². The fraction of sp³-hybridized carbons (Fsp3) is 0. The lowest BCUT2D eigenvalue weighted by Crippen LogP contribution is -1.91. The number of carbonyl (C=O) groups is 1. The molecule has 1 N–H and O–H groups in total. The number of halogens is 1. The number of H-pyrrole nitrogens is 1. The van der Waals surface area contributed by atoms with E-state index in [4.69, 9.17) is 11.6 Å². The van der Waals surface area contributed by atoms with Gasteiger partial charge >= 0.3 is 0 Å². The molecule has 0 radical (unpaired) electrons. The molecule has 2 aromatic rings. The van der Waals surface area contributed by atoms with Crippen molar-refractivity contribution in [3.05, 3.63) is 24.0 Å². The van der Waals surface area contributed by atoms with E-state index in [-0.39, 0.29) is 0 Å². The topological polar surface area (TPSA) is 45.8 Å². The standard InChI is InChI=1S/C8H5ClN2OS/c9-8(12)4-1-2-5-6(7(4)13)11-3-10-5/h1-3,13H,(H,10,11). The summed E-state index contributed by atoms with van der Waals surface area (Å²) in [4.78, 5) is 18.4. The molecule has 13 heavy (non-hydrogen) atoms. The van der Waals surface area contributed by atoms with E-state index in [1.807, 2.05) is 0 Å². The van der Waals surface area contributed by atoms with E-state index in [1.165, 1.54) is 0 Å². The summed E-state index contributed by atoms with van der Waals surface area (Å²) < 4.78 is 0. The number of rotatable bonds is 1. The van der Waals surface area contributed by atoms with Crippen LogP contribution in [0.25, 0.3) is 11.0 Å². The highest BCUT2D eigenvalue weighted by Crippen LogP contribution is 2.24. The smallest absolute Gasteiger partial charge is 0.253 e. The number of hydrogen-bond acceptors (Lipinski definition) is 3. The molecule has 0 spiro atoms.